The molecule has 0 spiro atoms. The molecule has 2 fully saturated rings. The van der Waals surface area contributed by atoms with Crippen molar-refractivity contribution in [3.63, 3.8) is 0 Å². The molecule has 0 bridgehead atoms. The van der Waals surface area contributed by atoms with Gasteiger partial charge in [0.2, 0.25) is 0 Å². The Morgan fingerprint density at radius 1 is 1.12 bits per heavy atom. The molecule has 1 saturated heterocycles. The molecule has 144 valence electrons. The fourth-order valence-corrected chi connectivity index (χ4v) is 7.86. The highest BCUT2D eigenvalue weighted by Gasteiger charge is 2.49. The first-order valence-electron chi connectivity index (χ1n) is 10.8. The summed E-state index contributed by atoms with van der Waals surface area (Å²) in [6, 6.07) is 13.5. The monoisotopic (exact) mass is 372 g/mol. The molecule has 3 heteroatoms. The molecular weight excluding hydrogens is 336 g/mol. The van der Waals surface area contributed by atoms with Gasteiger partial charge in [0.25, 0.3) is 0 Å². The van der Waals surface area contributed by atoms with Gasteiger partial charge in [-0.3, -0.25) is 4.79 Å². The summed E-state index contributed by atoms with van der Waals surface area (Å²) in [5, 5.41) is 10.1. The normalized spacial score (nSPS) is 33.4. The standard InChI is InChI=1S/C23H36O2Si/c1-18(2)8-11-22(19-6-4-3-5-7-19)12-9-20(10-13-22)23(21(24)25)14-16-26-17-15-23/h3-7,18,20H,8-17,26H2,1-2H3,(H,24,25). The van der Waals surface area contributed by atoms with E-state index in [1.54, 1.807) is 0 Å². The Kier molecular flexibility index (Phi) is 6.27. The van der Waals surface area contributed by atoms with Crippen LogP contribution in [0.5, 0.6) is 0 Å². The number of hydrogen-bond donors (Lipinski definition) is 1. The molecule has 26 heavy (non-hydrogen) atoms. The second kappa shape index (κ2) is 8.29. The summed E-state index contributed by atoms with van der Waals surface area (Å²) in [4.78, 5) is 12.2. The van der Waals surface area contributed by atoms with E-state index in [4.69, 9.17) is 0 Å². The molecule has 0 aromatic heterocycles. The van der Waals surface area contributed by atoms with E-state index < -0.39 is 11.4 Å². The maximum Gasteiger partial charge on any atom is 0.309 e. The fourth-order valence-electron chi connectivity index (χ4n) is 5.74. The van der Waals surface area contributed by atoms with Crippen LogP contribution in [0.15, 0.2) is 30.3 Å². The van der Waals surface area contributed by atoms with Gasteiger partial charge in [0, 0.05) is 9.52 Å². The SMILES string of the molecule is CC(C)CCC1(c2ccccc2)CCC(C2(C(=O)O)CC[SiH2]CC2)CC1. The second-order valence-electron chi connectivity index (χ2n) is 9.38. The number of carbonyl (C=O) groups is 1. The first kappa shape index (κ1) is 19.7. The van der Waals surface area contributed by atoms with Gasteiger partial charge in [0.1, 0.15) is 0 Å². The van der Waals surface area contributed by atoms with Gasteiger partial charge in [0.15, 0.2) is 0 Å². The van der Waals surface area contributed by atoms with Crippen LogP contribution in [0.25, 0.3) is 0 Å². The van der Waals surface area contributed by atoms with Crippen molar-refractivity contribution in [1.29, 1.82) is 0 Å². The number of benzene rings is 1. The molecule has 0 atom stereocenters. The number of carboxylic acids is 1. The molecule has 0 unspecified atom stereocenters. The number of aliphatic carboxylic acids is 1. The van der Waals surface area contributed by atoms with Gasteiger partial charge in [0.05, 0.1) is 5.41 Å². The lowest BCUT2D eigenvalue weighted by Gasteiger charge is -2.48. The summed E-state index contributed by atoms with van der Waals surface area (Å²) in [5.41, 5.74) is 1.36. The Bertz CT molecular complexity index is 581. The van der Waals surface area contributed by atoms with Gasteiger partial charge in [-0.25, -0.2) is 0 Å². The summed E-state index contributed by atoms with van der Waals surface area (Å²) in [6.07, 6.45) is 8.96. The Hall–Kier alpha value is -1.09. The Labute approximate surface area is 161 Å². The highest BCUT2D eigenvalue weighted by atomic mass is 28.2. The molecule has 1 aromatic rings. The van der Waals surface area contributed by atoms with Crippen LogP contribution in [0.3, 0.4) is 0 Å². The zero-order valence-electron chi connectivity index (χ0n) is 16.7. The molecule has 2 nitrogen and oxygen atoms in total. The van der Waals surface area contributed by atoms with Gasteiger partial charge in [-0.15, -0.1) is 0 Å². The van der Waals surface area contributed by atoms with Crippen molar-refractivity contribution in [2.24, 2.45) is 17.3 Å². The molecule has 0 radical (unpaired) electrons. The van der Waals surface area contributed by atoms with Crippen LogP contribution in [-0.4, -0.2) is 20.6 Å². The van der Waals surface area contributed by atoms with Crippen molar-refractivity contribution in [2.45, 2.75) is 82.7 Å². The predicted octanol–water partition coefficient (Wildman–Crippen LogP) is 5.42. The zero-order valence-corrected chi connectivity index (χ0v) is 18.1. The molecule has 1 saturated carbocycles. The van der Waals surface area contributed by atoms with Gasteiger partial charge >= 0.3 is 5.97 Å². The van der Waals surface area contributed by atoms with Crippen molar-refractivity contribution in [3.05, 3.63) is 35.9 Å². The summed E-state index contributed by atoms with van der Waals surface area (Å²) in [5.74, 6) is 0.623. The lowest BCUT2D eigenvalue weighted by Crippen LogP contribution is -2.45. The summed E-state index contributed by atoms with van der Waals surface area (Å²) in [7, 11) is 0.0276. The third kappa shape index (κ3) is 3.93. The highest BCUT2D eigenvalue weighted by Crippen LogP contribution is 2.53. The van der Waals surface area contributed by atoms with E-state index in [1.165, 1.54) is 43.3 Å². The van der Waals surface area contributed by atoms with Crippen LogP contribution < -0.4 is 0 Å². The lowest BCUT2D eigenvalue weighted by molar-refractivity contribution is -0.155. The minimum absolute atomic E-state index is 0.0276. The number of carboxylic acid groups (broad SMARTS) is 1. The minimum Gasteiger partial charge on any atom is -0.481 e. The van der Waals surface area contributed by atoms with Gasteiger partial charge in [-0.1, -0.05) is 62.7 Å². The molecule has 3 rings (SSSR count). The van der Waals surface area contributed by atoms with E-state index in [9.17, 15) is 9.90 Å². The van der Waals surface area contributed by atoms with Crippen LogP contribution in [-0.2, 0) is 10.2 Å². The van der Waals surface area contributed by atoms with E-state index in [0.29, 0.717) is 5.92 Å². The van der Waals surface area contributed by atoms with Crippen LogP contribution in [0, 0.1) is 17.3 Å². The summed E-state index contributed by atoms with van der Waals surface area (Å²) in [6.45, 7) is 4.63. The highest BCUT2D eigenvalue weighted by molar-refractivity contribution is 6.35. The predicted molar refractivity (Wildman–Crippen MR) is 112 cm³/mol. The largest absolute Gasteiger partial charge is 0.481 e. The van der Waals surface area contributed by atoms with Crippen molar-refractivity contribution < 1.29 is 9.90 Å². The van der Waals surface area contributed by atoms with E-state index in [0.717, 1.165) is 31.6 Å². The van der Waals surface area contributed by atoms with E-state index in [2.05, 4.69) is 44.2 Å². The first-order valence-corrected chi connectivity index (χ1v) is 12.8. The van der Waals surface area contributed by atoms with Crippen LogP contribution in [0.4, 0.5) is 0 Å². The molecular formula is C23H36O2Si. The molecule has 2 aliphatic rings. The van der Waals surface area contributed by atoms with E-state index in [-0.39, 0.29) is 14.9 Å². The summed E-state index contributed by atoms with van der Waals surface area (Å²) >= 11 is 0. The molecule has 1 aliphatic heterocycles. The van der Waals surface area contributed by atoms with Crippen LogP contribution in [0.2, 0.25) is 12.1 Å². The average molecular weight is 373 g/mol. The van der Waals surface area contributed by atoms with Crippen molar-refractivity contribution in [1.82, 2.24) is 0 Å². The van der Waals surface area contributed by atoms with Gasteiger partial charge in [-0.05, 0) is 67.8 Å². The van der Waals surface area contributed by atoms with Gasteiger partial charge < -0.3 is 5.11 Å². The Balaban J connectivity index is 1.79. The molecule has 1 aromatic carbocycles. The van der Waals surface area contributed by atoms with Crippen molar-refractivity contribution in [2.75, 3.05) is 0 Å². The smallest absolute Gasteiger partial charge is 0.309 e. The first-order chi connectivity index (χ1) is 12.5. The van der Waals surface area contributed by atoms with Crippen molar-refractivity contribution in [3.8, 4) is 0 Å². The zero-order chi connectivity index (χ0) is 18.6. The molecule has 0 amide bonds. The summed E-state index contributed by atoms with van der Waals surface area (Å²) < 4.78 is 0. The molecule has 1 heterocycles. The molecule has 1 aliphatic carbocycles. The van der Waals surface area contributed by atoms with E-state index in [1.807, 2.05) is 0 Å². The maximum absolute atomic E-state index is 12.2. The lowest BCUT2D eigenvalue weighted by atomic mass is 9.57. The molecule has 1 N–H and O–H groups in total. The third-order valence-electron chi connectivity index (χ3n) is 7.48. The average Bonchev–Trinajstić information content (AvgIpc) is 2.68. The van der Waals surface area contributed by atoms with Crippen molar-refractivity contribution >= 4 is 15.5 Å². The van der Waals surface area contributed by atoms with Gasteiger partial charge in [-0.2, -0.15) is 0 Å². The van der Waals surface area contributed by atoms with Crippen LogP contribution >= 0.6 is 0 Å². The van der Waals surface area contributed by atoms with E-state index >= 15 is 0 Å². The second-order valence-corrected chi connectivity index (χ2v) is 11.5. The quantitative estimate of drug-likeness (QED) is 0.677. The minimum atomic E-state index is -0.495. The Morgan fingerprint density at radius 3 is 2.27 bits per heavy atom. The maximum atomic E-state index is 12.2. The topological polar surface area (TPSA) is 37.3 Å². The number of rotatable bonds is 6. The fraction of sp³-hybridized carbons (Fsp3) is 0.696. The Morgan fingerprint density at radius 2 is 1.73 bits per heavy atom. The van der Waals surface area contributed by atoms with Crippen LogP contribution in [0.1, 0.15) is 70.8 Å². The number of hydrogen-bond acceptors (Lipinski definition) is 1. The third-order valence-corrected chi connectivity index (χ3v) is 9.19.